The molecule has 1 aromatic heterocycles. The van der Waals surface area contributed by atoms with E-state index in [9.17, 15) is 9.90 Å². The van der Waals surface area contributed by atoms with Crippen molar-refractivity contribution in [1.82, 2.24) is 9.88 Å². The molecule has 1 aliphatic heterocycles. The Morgan fingerprint density at radius 3 is 2.64 bits per heavy atom. The second kappa shape index (κ2) is 13.4. The third-order valence-corrected chi connectivity index (χ3v) is 8.07. The summed E-state index contributed by atoms with van der Waals surface area (Å²) >= 11 is 0. The average Bonchev–Trinajstić information content (AvgIpc) is 3.46. The number of likely N-dealkylation sites (N-methyl/N-ethyl adjacent to an activating group) is 1. The first kappa shape index (κ1) is 31.5. The highest BCUT2D eigenvalue weighted by Crippen LogP contribution is 2.39. The van der Waals surface area contributed by atoms with Crippen LogP contribution in [0.3, 0.4) is 0 Å². The molecule has 0 amide bonds. The number of nitrogens with zero attached hydrogens (tertiary/aromatic N) is 4. The van der Waals surface area contributed by atoms with E-state index in [1.807, 2.05) is 30.0 Å². The number of halogens is 2. The molecule has 2 aliphatic rings. The maximum Gasteiger partial charge on any atom is 0.311 e. The molecule has 1 saturated carbocycles. The van der Waals surface area contributed by atoms with Crippen molar-refractivity contribution in [2.24, 2.45) is 16.6 Å². The molecule has 1 aliphatic carbocycles. The van der Waals surface area contributed by atoms with Gasteiger partial charge in [0.15, 0.2) is 17.3 Å². The number of nitrogens with one attached hydrogen (secondary N) is 1. The number of aromatic nitrogens is 1. The number of anilines is 1. The Kier molecular flexibility index (Phi) is 9.35. The summed E-state index contributed by atoms with van der Waals surface area (Å²) in [5.41, 5.74) is 7.02. The molecule has 3 aromatic rings. The minimum Gasteiger partial charge on any atom is -0.504 e. The largest absolute Gasteiger partial charge is 0.504 e. The van der Waals surface area contributed by atoms with Crippen LogP contribution in [0, 0.1) is 23.0 Å². The van der Waals surface area contributed by atoms with Crippen LogP contribution in [0.25, 0.3) is 0 Å². The van der Waals surface area contributed by atoms with Crippen LogP contribution in [-0.4, -0.2) is 72.5 Å². The Morgan fingerprint density at radius 1 is 1.16 bits per heavy atom. The van der Waals surface area contributed by atoms with Gasteiger partial charge in [0, 0.05) is 37.9 Å². The van der Waals surface area contributed by atoms with Crippen molar-refractivity contribution in [3.05, 3.63) is 65.4 Å². The quantitative estimate of drug-likeness (QED) is 0.158. The zero-order valence-corrected chi connectivity index (χ0v) is 25.3. The third kappa shape index (κ3) is 6.61. The summed E-state index contributed by atoms with van der Waals surface area (Å²) in [6, 6.07) is 9.00. The van der Waals surface area contributed by atoms with Gasteiger partial charge in [-0.2, -0.15) is 4.39 Å². The number of amidine groups is 2. The van der Waals surface area contributed by atoms with E-state index in [1.54, 1.807) is 19.1 Å². The number of nitrogens with two attached hydrogens (primary N) is 1. The van der Waals surface area contributed by atoms with E-state index in [4.69, 9.17) is 25.4 Å². The van der Waals surface area contributed by atoms with Crippen molar-refractivity contribution in [3.8, 4) is 28.9 Å². The fraction of sp³-hybridized carbons (Fsp3) is 0.375. The molecule has 13 heteroatoms. The van der Waals surface area contributed by atoms with Crippen molar-refractivity contribution in [2.45, 2.75) is 38.6 Å². The van der Waals surface area contributed by atoms with Crippen molar-refractivity contribution >= 4 is 23.3 Å². The number of hydrogen-bond donors (Lipinski definition) is 3. The summed E-state index contributed by atoms with van der Waals surface area (Å²) < 4.78 is 47.5. The molecule has 11 nitrogen and oxygen atoms in total. The van der Waals surface area contributed by atoms with E-state index >= 15 is 8.78 Å². The number of esters is 1. The standard InChI is InChI=1S/C32H36F2N6O5/c1-4-43-32(42)20-7-5-6-8-23(20)40(3)19-10-12-25(21(16-19)30-37-13-14-39(30)2)44-28-22(33)17-38-31(27(28)34)45-26-15-18(29(35)36)9-11-24(26)41/h9-12,15-17,20,23,41H,4-8,13-14H2,1-3H3,(H3,35,36). The van der Waals surface area contributed by atoms with Gasteiger partial charge in [0.05, 0.1) is 30.8 Å². The molecular formula is C32H36F2N6O5. The maximum atomic E-state index is 15.7. The molecule has 2 aromatic carbocycles. The van der Waals surface area contributed by atoms with Crippen LogP contribution >= 0.6 is 0 Å². The third-order valence-electron chi connectivity index (χ3n) is 8.07. The number of carbonyl (C=O) groups excluding carboxylic acids is 1. The van der Waals surface area contributed by atoms with Crippen molar-refractivity contribution in [2.75, 3.05) is 38.7 Å². The molecule has 2 atom stereocenters. The number of carbonyl (C=O) groups is 1. The molecule has 5 rings (SSSR count). The Hall–Kier alpha value is -4.94. The van der Waals surface area contributed by atoms with Crippen molar-refractivity contribution < 1.29 is 32.9 Å². The van der Waals surface area contributed by atoms with Crippen molar-refractivity contribution in [3.63, 3.8) is 0 Å². The first-order chi connectivity index (χ1) is 21.6. The number of rotatable bonds is 10. The van der Waals surface area contributed by atoms with Gasteiger partial charge >= 0.3 is 5.97 Å². The second-order valence-electron chi connectivity index (χ2n) is 11.0. The molecule has 0 spiro atoms. The van der Waals surface area contributed by atoms with Crippen molar-refractivity contribution in [1.29, 1.82) is 5.41 Å². The van der Waals surface area contributed by atoms with E-state index < -0.39 is 23.3 Å². The van der Waals surface area contributed by atoms with Crippen LogP contribution in [0.1, 0.15) is 43.7 Å². The lowest BCUT2D eigenvalue weighted by molar-refractivity contribution is -0.149. The van der Waals surface area contributed by atoms with Gasteiger partial charge in [-0.15, -0.1) is 0 Å². The molecule has 2 heterocycles. The summed E-state index contributed by atoms with van der Waals surface area (Å²) in [6.07, 6.45) is 4.23. The number of hydrogen-bond acceptors (Lipinski definition) is 10. The van der Waals surface area contributed by atoms with Gasteiger partial charge in [0.1, 0.15) is 17.4 Å². The Morgan fingerprint density at radius 2 is 1.93 bits per heavy atom. The lowest BCUT2D eigenvalue weighted by Crippen LogP contribution is -2.44. The minimum absolute atomic E-state index is 0.0895. The van der Waals surface area contributed by atoms with Crippen LogP contribution in [0.5, 0.6) is 28.9 Å². The van der Waals surface area contributed by atoms with Gasteiger partial charge < -0.3 is 34.9 Å². The Labute approximate surface area is 259 Å². The Balaban J connectivity index is 1.49. The highest BCUT2D eigenvalue weighted by Gasteiger charge is 2.35. The van der Waals surface area contributed by atoms with Gasteiger partial charge in [-0.05, 0) is 56.2 Å². The summed E-state index contributed by atoms with van der Waals surface area (Å²) in [6.45, 7) is 3.30. The zero-order valence-electron chi connectivity index (χ0n) is 25.3. The van der Waals surface area contributed by atoms with E-state index in [0.29, 0.717) is 31.1 Å². The molecule has 0 radical (unpaired) electrons. The maximum absolute atomic E-state index is 15.7. The van der Waals surface area contributed by atoms with Gasteiger partial charge in [-0.1, -0.05) is 12.8 Å². The highest BCUT2D eigenvalue weighted by molar-refractivity contribution is 6.03. The van der Waals surface area contributed by atoms with Gasteiger partial charge in [-0.3, -0.25) is 15.2 Å². The van der Waals surface area contributed by atoms with Crippen LogP contribution < -0.4 is 20.1 Å². The molecule has 238 valence electrons. The number of aromatic hydroxyl groups is 1. The van der Waals surface area contributed by atoms with Crippen LogP contribution in [0.15, 0.2) is 47.6 Å². The number of nitrogen functional groups attached to an aromatic ring is 1. The Bertz CT molecular complexity index is 1630. The average molecular weight is 623 g/mol. The second-order valence-corrected chi connectivity index (χ2v) is 11.0. The van der Waals surface area contributed by atoms with E-state index in [1.165, 1.54) is 18.2 Å². The summed E-state index contributed by atoms with van der Waals surface area (Å²) in [5.74, 6) is -4.38. The number of phenolic OH excluding ortho intramolecular Hbond substituents is 1. The number of benzene rings is 2. The monoisotopic (exact) mass is 622 g/mol. The smallest absolute Gasteiger partial charge is 0.311 e. The predicted molar refractivity (Wildman–Crippen MR) is 165 cm³/mol. The highest BCUT2D eigenvalue weighted by atomic mass is 19.1. The summed E-state index contributed by atoms with van der Waals surface area (Å²) in [7, 11) is 3.79. The molecule has 4 N–H and O–H groups in total. The number of ether oxygens (including phenoxy) is 3. The molecule has 0 saturated heterocycles. The van der Waals surface area contributed by atoms with Gasteiger partial charge in [-0.25, -0.2) is 9.37 Å². The summed E-state index contributed by atoms with van der Waals surface area (Å²) in [5, 5.41) is 17.8. The molecule has 1 fully saturated rings. The number of pyridine rings is 1. The number of aliphatic imine (C=N–C) groups is 1. The van der Waals surface area contributed by atoms with Crippen LogP contribution in [0.4, 0.5) is 14.5 Å². The first-order valence-corrected chi connectivity index (χ1v) is 14.8. The topological polar surface area (TPSA) is 147 Å². The zero-order chi connectivity index (χ0) is 32.2. The SMILES string of the molecule is CCOC(=O)C1CCCCC1N(C)c1ccc(Oc2c(F)cnc(Oc3cc(C(=N)N)ccc3O)c2F)c(C2=NCCN2C)c1. The minimum atomic E-state index is -1.24. The van der Waals surface area contributed by atoms with Crippen LogP contribution in [-0.2, 0) is 9.53 Å². The first-order valence-electron chi connectivity index (χ1n) is 14.8. The van der Waals surface area contributed by atoms with Gasteiger partial charge in [0.2, 0.25) is 11.6 Å². The molecule has 45 heavy (non-hydrogen) atoms. The van der Waals surface area contributed by atoms with E-state index in [-0.39, 0.29) is 46.6 Å². The van der Waals surface area contributed by atoms with E-state index in [0.717, 1.165) is 37.6 Å². The fourth-order valence-electron chi connectivity index (χ4n) is 5.69. The van der Waals surface area contributed by atoms with E-state index in [2.05, 4.69) is 9.98 Å². The predicted octanol–water partition coefficient (Wildman–Crippen LogP) is 5.18. The lowest BCUT2D eigenvalue weighted by atomic mass is 9.83. The van der Waals surface area contributed by atoms with Gasteiger partial charge in [0.25, 0.3) is 5.88 Å². The lowest BCUT2D eigenvalue weighted by Gasteiger charge is -2.38. The number of phenols is 1. The summed E-state index contributed by atoms with van der Waals surface area (Å²) in [4.78, 5) is 25.1. The normalized spacial score (nSPS) is 17.9. The molecule has 2 unspecified atom stereocenters. The molecule has 0 bridgehead atoms. The molecular weight excluding hydrogens is 586 g/mol. The fourth-order valence-corrected chi connectivity index (χ4v) is 5.69. The van der Waals surface area contributed by atoms with Crippen LogP contribution in [0.2, 0.25) is 0 Å².